The second-order valence-corrected chi connectivity index (χ2v) is 8.93. The molecule has 0 amide bonds. The number of piperidine rings is 1. The number of benzene rings is 1. The van der Waals surface area contributed by atoms with E-state index in [0.29, 0.717) is 6.04 Å². The number of aromatic nitrogens is 2. The summed E-state index contributed by atoms with van der Waals surface area (Å²) in [5, 5.41) is 0. The zero-order valence-corrected chi connectivity index (χ0v) is 19.8. The Labute approximate surface area is 192 Å². The minimum Gasteiger partial charge on any atom is -0.474 e. The van der Waals surface area contributed by atoms with Crippen LogP contribution in [0.15, 0.2) is 55.0 Å². The van der Waals surface area contributed by atoms with Gasteiger partial charge in [0.2, 0.25) is 5.88 Å². The molecule has 0 atom stereocenters. The van der Waals surface area contributed by atoms with E-state index in [2.05, 4.69) is 72.9 Å². The lowest BCUT2D eigenvalue weighted by atomic mass is 9.95. The fourth-order valence-corrected chi connectivity index (χ4v) is 4.85. The lowest BCUT2D eigenvalue weighted by molar-refractivity contribution is 0.0700. The van der Waals surface area contributed by atoms with Gasteiger partial charge in [0, 0.05) is 54.9 Å². The topological polar surface area (TPSA) is 38.2 Å². The van der Waals surface area contributed by atoms with Gasteiger partial charge in [-0.3, -0.25) is 4.98 Å². The minimum absolute atomic E-state index is 0.267. The van der Waals surface area contributed by atoms with Gasteiger partial charge >= 0.3 is 0 Å². The SMILES string of the molecule is CCC(CC)N1CCC(Oc2ccc(-c3ccc(-c4cnccc4C)c(C)c3)cn2)CC1. The first-order valence-electron chi connectivity index (χ1n) is 12.0. The summed E-state index contributed by atoms with van der Waals surface area (Å²) in [5.41, 5.74) is 7.18. The first kappa shape index (κ1) is 22.5. The van der Waals surface area contributed by atoms with Crippen molar-refractivity contribution in [2.24, 2.45) is 0 Å². The van der Waals surface area contributed by atoms with Crippen LogP contribution in [0.2, 0.25) is 0 Å². The Kier molecular flexibility index (Phi) is 7.21. The molecule has 168 valence electrons. The van der Waals surface area contributed by atoms with Gasteiger partial charge < -0.3 is 9.64 Å². The number of hydrogen-bond acceptors (Lipinski definition) is 4. The molecule has 1 aliphatic rings. The van der Waals surface area contributed by atoms with Crippen molar-refractivity contribution in [3.8, 4) is 28.1 Å². The largest absolute Gasteiger partial charge is 0.474 e. The van der Waals surface area contributed by atoms with Gasteiger partial charge in [-0.15, -0.1) is 0 Å². The van der Waals surface area contributed by atoms with Crippen molar-refractivity contribution >= 4 is 0 Å². The van der Waals surface area contributed by atoms with Crippen LogP contribution in [0.5, 0.6) is 5.88 Å². The van der Waals surface area contributed by atoms with Crippen molar-refractivity contribution in [1.29, 1.82) is 0 Å². The average molecular weight is 430 g/mol. The highest BCUT2D eigenvalue weighted by molar-refractivity contribution is 5.74. The molecule has 1 fully saturated rings. The van der Waals surface area contributed by atoms with Crippen LogP contribution in [-0.4, -0.2) is 40.1 Å². The third-order valence-electron chi connectivity index (χ3n) is 6.85. The molecule has 0 N–H and O–H groups in total. The van der Waals surface area contributed by atoms with Crippen LogP contribution in [0.25, 0.3) is 22.3 Å². The highest BCUT2D eigenvalue weighted by Gasteiger charge is 2.24. The molecule has 0 unspecified atom stereocenters. The highest BCUT2D eigenvalue weighted by atomic mass is 16.5. The summed E-state index contributed by atoms with van der Waals surface area (Å²) >= 11 is 0. The normalized spacial score (nSPS) is 15.3. The molecule has 32 heavy (non-hydrogen) atoms. The van der Waals surface area contributed by atoms with Gasteiger partial charge in [-0.05, 0) is 73.9 Å². The number of hydrogen-bond donors (Lipinski definition) is 0. The lowest BCUT2D eigenvalue weighted by Crippen LogP contribution is -2.43. The summed E-state index contributed by atoms with van der Waals surface area (Å²) in [5.74, 6) is 0.731. The van der Waals surface area contributed by atoms with Crippen LogP contribution in [0.1, 0.15) is 50.7 Å². The van der Waals surface area contributed by atoms with Crippen molar-refractivity contribution < 1.29 is 4.74 Å². The van der Waals surface area contributed by atoms with E-state index in [9.17, 15) is 0 Å². The van der Waals surface area contributed by atoms with E-state index in [-0.39, 0.29) is 6.10 Å². The molecule has 0 spiro atoms. The number of pyridine rings is 2. The summed E-state index contributed by atoms with van der Waals surface area (Å²) in [6.07, 6.45) is 10.6. The molecule has 4 nitrogen and oxygen atoms in total. The molecule has 4 heteroatoms. The van der Waals surface area contributed by atoms with Gasteiger partial charge in [-0.1, -0.05) is 32.0 Å². The molecule has 1 aromatic carbocycles. The molecule has 3 aromatic rings. The van der Waals surface area contributed by atoms with E-state index in [4.69, 9.17) is 4.74 Å². The van der Waals surface area contributed by atoms with Gasteiger partial charge in [-0.25, -0.2) is 4.98 Å². The maximum absolute atomic E-state index is 6.21. The Morgan fingerprint density at radius 1 is 0.906 bits per heavy atom. The molecule has 2 aromatic heterocycles. The summed E-state index contributed by atoms with van der Waals surface area (Å²) in [6, 6.07) is 13.5. The number of rotatable bonds is 7. The fraction of sp³-hybridized carbons (Fsp3) is 0.429. The summed E-state index contributed by atoms with van der Waals surface area (Å²) in [7, 11) is 0. The van der Waals surface area contributed by atoms with Crippen molar-refractivity contribution in [3.63, 3.8) is 0 Å². The van der Waals surface area contributed by atoms with Crippen LogP contribution in [-0.2, 0) is 0 Å². The molecule has 0 radical (unpaired) electrons. The Bertz CT molecular complexity index is 1020. The van der Waals surface area contributed by atoms with Crippen molar-refractivity contribution in [2.75, 3.05) is 13.1 Å². The van der Waals surface area contributed by atoms with Crippen molar-refractivity contribution in [1.82, 2.24) is 14.9 Å². The first-order chi connectivity index (χ1) is 15.6. The second-order valence-electron chi connectivity index (χ2n) is 8.93. The number of likely N-dealkylation sites (tertiary alicyclic amines) is 1. The van der Waals surface area contributed by atoms with Crippen LogP contribution < -0.4 is 4.74 Å². The predicted octanol–water partition coefficient (Wildman–Crippen LogP) is 6.46. The van der Waals surface area contributed by atoms with E-state index in [0.717, 1.165) is 37.4 Å². The second kappa shape index (κ2) is 10.3. The molecule has 1 saturated heterocycles. The Morgan fingerprint density at radius 2 is 1.66 bits per heavy atom. The van der Waals surface area contributed by atoms with Crippen LogP contribution in [0.4, 0.5) is 0 Å². The fourth-order valence-electron chi connectivity index (χ4n) is 4.85. The quantitative estimate of drug-likeness (QED) is 0.432. The molecule has 1 aliphatic heterocycles. The molecule has 0 saturated carbocycles. The van der Waals surface area contributed by atoms with E-state index < -0.39 is 0 Å². The van der Waals surface area contributed by atoms with Gasteiger partial charge in [0.05, 0.1) is 0 Å². The van der Waals surface area contributed by atoms with Crippen LogP contribution in [0.3, 0.4) is 0 Å². The number of aryl methyl sites for hydroxylation is 2. The maximum atomic E-state index is 6.21. The van der Waals surface area contributed by atoms with E-state index in [1.165, 1.54) is 40.7 Å². The van der Waals surface area contributed by atoms with Gasteiger partial charge in [0.25, 0.3) is 0 Å². The first-order valence-corrected chi connectivity index (χ1v) is 12.0. The molecular formula is C28H35N3O. The van der Waals surface area contributed by atoms with Gasteiger partial charge in [-0.2, -0.15) is 0 Å². The van der Waals surface area contributed by atoms with Crippen molar-refractivity contribution in [3.05, 3.63) is 66.1 Å². The lowest BCUT2D eigenvalue weighted by Gasteiger charge is -2.36. The standard InChI is InChI=1S/C28H35N3O/c1-5-24(6-2)31-15-12-25(13-16-31)32-28-10-8-23(18-30-28)22-7-9-26(21(4)17-22)27-19-29-14-11-20(27)3/h7-11,14,17-19,24-25H,5-6,12-13,15-16H2,1-4H3. The molecule has 0 aliphatic carbocycles. The van der Waals surface area contributed by atoms with E-state index >= 15 is 0 Å². The Balaban J connectivity index is 1.40. The van der Waals surface area contributed by atoms with Gasteiger partial charge in [0.1, 0.15) is 6.10 Å². The zero-order valence-electron chi connectivity index (χ0n) is 19.8. The molecule has 4 rings (SSSR count). The van der Waals surface area contributed by atoms with E-state index in [1.807, 2.05) is 24.7 Å². The summed E-state index contributed by atoms with van der Waals surface area (Å²) in [6.45, 7) is 11.1. The summed E-state index contributed by atoms with van der Waals surface area (Å²) < 4.78 is 6.21. The average Bonchev–Trinajstić information content (AvgIpc) is 2.82. The molecular weight excluding hydrogens is 394 g/mol. The smallest absolute Gasteiger partial charge is 0.213 e. The maximum Gasteiger partial charge on any atom is 0.213 e. The zero-order chi connectivity index (χ0) is 22.5. The number of ether oxygens (including phenoxy) is 1. The Hall–Kier alpha value is -2.72. The third kappa shape index (κ3) is 5.02. The van der Waals surface area contributed by atoms with E-state index in [1.54, 1.807) is 0 Å². The van der Waals surface area contributed by atoms with Gasteiger partial charge in [0.15, 0.2) is 0 Å². The van der Waals surface area contributed by atoms with Crippen LogP contribution in [0, 0.1) is 13.8 Å². The Morgan fingerprint density at radius 3 is 2.28 bits per heavy atom. The minimum atomic E-state index is 0.267. The summed E-state index contributed by atoms with van der Waals surface area (Å²) in [4.78, 5) is 11.5. The van der Waals surface area contributed by atoms with Crippen LogP contribution >= 0.6 is 0 Å². The van der Waals surface area contributed by atoms with Crippen molar-refractivity contribution in [2.45, 2.75) is 65.5 Å². The third-order valence-corrected chi connectivity index (χ3v) is 6.85. The highest BCUT2D eigenvalue weighted by Crippen LogP contribution is 2.30. The molecule has 3 heterocycles. The number of nitrogens with zero attached hydrogens (tertiary/aromatic N) is 3. The monoisotopic (exact) mass is 429 g/mol. The predicted molar refractivity (Wildman–Crippen MR) is 132 cm³/mol. The molecule has 0 bridgehead atoms.